The maximum Gasteiger partial charge on any atom is 0.253 e. The second-order valence-corrected chi connectivity index (χ2v) is 8.76. The third-order valence-electron chi connectivity index (χ3n) is 7.21. The van der Waals surface area contributed by atoms with Gasteiger partial charge >= 0.3 is 0 Å². The highest BCUT2D eigenvalue weighted by Crippen LogP contribution is 2.47. The summed E-state index contributed by atoms with van der Waals surface area (Å²) in [6, 6.07) is 15.7. The first kappa shape index (κ1) is 20.1. The summed E-state index contributed by atoms with van der Waals surface area (Å²) < 4.78 is 7.66. The van der Waals surface area contributed by atoms with Crippen molar-refractivity contribution in [1.29, 1.82) is 0 Å². The molecule has 31 heavy (non-hydrogen) atoms. The topological polar surface area (TPSA) is 66.7 Å². The van der Waals surface area contributed by atoms with Crippen LogP contribution in [0.25, 0.3) is 10.9 Å². The predicted octanol–water partition coefficient (Wildman–Crippen LogP) is 3.00. The summed E-state index contributed by atoms with van der Waals surface area (Å²) in [6.45, 7) is 2.32. The molecule has 1 aromatic heterocycles. The zero-order chi connectivity index (χ0) is 21.6. The molecule has 1 saturated heterocycles. The fourth-order valence-electron chi connectivity index (χ4n) is 5.51. The second kappa shape index (κ2) is 7.70. The fraction of sp³-hybridized carbons (Fsp3) is 0.400. The minimum absolute atomic E-state index is 0.0530. The number of carbonyl (C=O) groups is 1. The summed E-state index contributed by atoms with van der Waals surface area (Å²) in [4.78, 5) is 14.9. The molecule has 2 aromatic carbocycles. The molecule has 1 spiro atoms. The van der Waals surface area contributed by atoms with Crippen LogP contribution in [-0.4, -0.2) is 53.8 Å². The number of benzene rings is 2. The van der Waals surface area contributed by atoms with E-state index < -0.39 is 0 Å². The first-order valence-electron chi connectivity index (χ1n) is 10.9. The van der Waals surface area contributed by atoms with E-state index in [1.165, 1.54) is 10.9 Å². The lowest BCUT2D eigenvalue weighted by Gasteiger charge is -2.46. The zero-order valence-electron chi connectivity index (χ0n) is 18.1. The highest BCUT2D eigenvalue weighted by molar-refractivity contribution is 5.94. The van der Waals surface area contributed by atoms with Gasteiger partial charge in [-0.2, -0.15) is 0 Å². The zero-order valence-corrected chi connectivity index (χ0v) is 18.1. The lowest BCUT2D eigenvalue weighted by molar-refractivity contribution is 0.0651. The van der Waals surface area contributed by atoms with Crippen LogP contribution in [0.4, 0.5) is 0 Å². The van der Waals surface area contributed by atoms with Crippen molar-refractivity contribution in [2.75, 3.05) is 33.4 Å². The van der Waals surface area contributed by atoms with E-state index >= 15 is 0 Å². The Kier molecular flexibility index (Phi) is 4.99. The lowest BCUT2D eigenvalue weighted by Crippen LogP contribution is -2.53. The van der Waals surface area contributed by atoms with Crippen LogP contribution >= 0.6 is 0 Å². The molecule has 1 fully saturated rings. The van der Waals surface area contributed by atoms with Crippen molar-refractivity contribution in [2.45, 2.75) is 24.3 Å². The summed E-state index contributed by atoms with van der Waals surface area (Å²) in [5.74, 6) is 0.937. The highest BCUT2D eigenvalue weighted by Gasteiger charge is 2.45. The van der Waals surface area contributed by atoms with E-state index in [0.29, 0.717) is 0 Å². The highest BCUT2D eigenvalue weighted by atomic mass is 16.5. The number of aromatic nitrogens is 1. The Bertz CT molecular complexity index is 1110. The molecule has 5 rings (SSSR count). The number of likely N-dealkylation sites (tertiary alicyclic amines) is 1. The van der Waals surface area contributed by atoms with Crippen LogP contribution in [-0.2, 0) is 12.5 Å². The molecule has 0 aliphatic carbocycles. The summed E-state index contributed by atoms with van der Waals surface area (Å²) >= 11 is 0. The molecular formula is C25H29N3O3. The third kappa shape index (κ3) is 3.13. The van der Waals surface area contributed by atoms with Crippen molar-refractivity contribution in [1.82, 2.24) is 14.8 Å². The molecule has 6 heteroatoms. The first-order chi connectivity index (χ1) is 15.1. The van der Waals surface area contributed by atoms with Crippen molar-refractivity contribution in [2.24, 2.45) is 7.05 Å². The summed E-state index contributed by atoms with van der Waals surface area (Å²) in [7, 11) is 3.75. The largest absolute Gasteiger partial charge is 0.497 e. The Balaban J connectivity index is 1.52. The number of aliphatic hydroxyl groups excluding tert-OH is 1. The van der Waals surface area contributed by atoms with Gasteiger partial charge in [-0.15, -0.1) is 0 Å². The minimum Gasteiger partial charge on any atom is -0.497 e. The van der Waals surface area contributed by atoms with E-state index in [9.17, 15) is 9.90 Å². The van der Waals surface area contributed by atoms with Gasteiger partial charge in [0, 0.05) is 54.8 Å². The maximum atomic E-state index is 13.0. The van der Waals surface area contributed by atoms with Gasteiger partial charge in [0.25, 0.3) is 5.91 Å². The molecule has 6 nitrogen and oxygen atoms in total. The summed E-state index contributed by atoms with van der Waals surface area (Å²) in [5.41, 5.74) is 4.30. The normalized spacial score (nSPS) is 20.1. The van der Waals surface area contributed by atoms with Gasteiger partial charge in [-0.3, -0.25) is 4.79 Å². The number of fused-ring (bicyclic) bond motifs is 4. The Hall–Kier alpha value is -2.83. The SMILES string of the molecule is COc1ccc2c3c(n(C)c2c1)[C@@H](CO)NCC31CCN(C(=O)c2ccccc2)CC1. The molecule has 2 aliphatic rings. The van der Waals surface area contributed by atoms with Crippen LogP contribution in [0.3, 0.4) is 0 Å². The average Bonchev–Trinajstić information content (AvgIpc) is 3.13. The quantitative estimate of drug-likeness (QED) is 0.685. The van der Waals surface area contributed by atoms with E-state index in [1.807, 2.05) is 41.3 Å². The summed E-state index contributed by atoms with van der Waals surface area (Å²) in [5, 5.41) is 14.9. The Labute approximate surface area is 182 Å². The third-order valence-corrected chi connectivity index (χ3v) is 7.21. The van der Waals surface area contributed by atoms with Crippen molar-refractivity contribution in [3.05, 3.63) is 65.4 Å². The second-order valence-electron chi connectivity index (χ2n) is 8.76. The van der Waals surface area contributed by atoms with Crippen molar-refractivity contribution >= 4 is 16.8 Å². The minimum atomic E-state index is -0.0898. The molecule has 0 saturated carbocycles. The number of rotatable bonds is 3. The van der Waals surface area contributed by atoms with E-state index in [2.05, 4.69) is 29.1 Å². The molecule has 3 aromatic rings. The van der Waals surface area contributed by atoms with Gasteiger partial charge in [0.15, 0.2) is 0 Å². The van der Waals surface area contributed by atoms with E-state index in [1.54, 1.807) is 7.11 Å². The summed E-state index contributed by atoms with van der Waals surface area (Å²) in [6.07, 6.45) is 1.80. The van der Waals surface area contributed by atoms with Gasteiger partial charge in [0.05, 0.1) is 25.3 Å². The number of nitrogens with zero attached hydrogens (tertiary/aromatic N) is 2. The number of aryl methyl sites for hydroxylation is 1. The van der Waals surface area contributed by atoms with Crippen LogP contribution in [0.1, 0.15) is 40.5 Å². The van der Waals surface area contributed by atoms with Crippen molar-refractivity contribution in [3.63, 3.8) is 0 Å². The van der Waals surface area contributed by atoms with Gasteiger partial charge in [0.2, 0.25) is 0 Å². The number of hydrogen-bond donors (Lipinski definition) is 2. The Morgan fingerprint density at radius 1 is 1.19 bits per heavy atom. The molecule has 162 valence electrons. The Morgan fingerprint density at radius 2 is 1.94 bits per heavy atom. The predicted molar refractivity (Wildman–Crippen MR) is 121 cm³/mol. The van der Waals surface area contributed by atoms with Gasteiger partial charge in [-0.05, 0) is 42.7 Å². The van der Waals surface area contributed by atoms with Crippen LogP contribution in [0, 0.1) is 0 Å². The van der Waals surface area contributed by atoms with Crippen LogP contribution in [0.5, 0.6) is 5.75 Å². The number of aliphatic hydroxyl groups is 1. The molecule has 2 aliphatic heterocycles. The van der Waals surface area contributed by atoms with Gasteiger partial charge < -0.3 is 24.6 Å². The van der Waals surface area contributed by atoms with Gasteiger partial charge in [-0.25, -0.2) is 0 Å². The Morgan fingerprint density at radius 3 is 2.61 bits per heavy atom. The van der Waals surface area contributed by atoms with Crippen LogP contribution in [0.2, 0.25) is 0 Å². The number of methoxy groups -OCH3 is 1. The van der Waals surface area contributed by atoms with Crippen LogP contribution < -0.4 is 10.1 Å². The van der Waals surface area contributed by atoms with E-state index in [-0.39, 0.29) is 24.0 Å². The fourth-order valence-corrected chi connectivity index (χ4v) is 5.51. The number of piperidine rings is 1. The molecule has 0 radical (unpaired) electrons. The number of nitrogens with one attached hydrogen (secondary N) is 1. The smallest absolute Gasteiger partial charge is 0.253 e. The molecular weight excluding hydrogens is 390 g/mol. The van der Waals surface area contributed by atoms with Crippen LogP contribution in [0.15, 0.2) is 48.5 Å². The maximum absolute atomic E-state index is 13.0. The van der Waals surface area contributed by atoms with Gasteiger partial charge in [0.1, 0.15) is 5.75 Å². The van der Waals surface area contributed by atoms with Crippen molar-refractivity contribution < 1.29 is 14.6 Å². The molecule has 2 N–H and O–H groups in total. The first-order valence-corrected chi connectivity index (χ1v) is 10.9. The lowest BCUT2D eigenvalue weighted by atomic mass is 9.69. The van der Waals surface area contributed by atoms with E-state index in [0.717, 1.165) is 55.0 Å². The number of hydrogen-bond acceptors (Lipinski definition) is 4. The van der Waals surface area contributed by atoms with E-state index in [4.69, 9.17) is 4.74 Å². The molecule has 1 amide bonds. The molecule has 3 heterocycles. The van der Waals surface area contributed by atoms with Gasteiger partial charge in [-0.1, -0.05) is 18.2 Å². The number of carbonyl (C=O) groups excluding carboxylic acids is 1. The number of amides is 1. The monoisotopic (exact) mass is 419 g/mol. The average molecular weight is 420 g/mol. The molecule has 0 bridgehead atoms. The standard InChI is InChI=1S/C25H29N3O3/c1-27-21-14-18(31-2)8-9-19(21)22-23(27)20(15-29)26-16-25(22)10-12-28(13-11-25)24(30)17-6-4-3-5-7-17/h3-9,14,20,26,29H,10-13,15-16H2,1-2H3/t20-/m1/s1. The molecule has 0 unspecified atom stereocenters. The molecule has 1 atom stereocenters. The van der Waals surface area contributed by atoms with Crippen molar-refractivity contribution in [3.8, 4) is 5.75 Å². The number of ether oxygens (including phenoxy) is 1.